The zero-order valence-corrected chi connectivity index (χ0v) is 8.99. The first-order valence-corrected chi connectivity index (χ1v) is 4.39. The fraction of sp³-hybridized carbons (Fsp3) is 1.00. The van der Waals surface area contributed by atoms with Crippen LogP contribution in [0.4, 0.5) is 0 Å². The van der Waals surface area contributed by atoms with Crippen molar-refractivity contribution >= 4 is 0 Å². The van der Waals surface area contributed by atoms with Crippen LogP contribution < -0.4 is 0 Å². The predicted octanol–water partition coefficient (Wildman–Crippen LogP) is 0.417. The van der Waals surface area contributed by atoms with Crippen LogP contribution in [0.15, 0.2) is 0 Å². The highest BCUT2D eigenvalue weighted by Crippen LogP contribution is 1.90. The molecule has 2 unspecified atom stereocenters. The highest BCUT2D eigenvalue weighted by atomic mass is 16.5. The second-order valence-corrected chi connectivity index (χ2v) is 2.86. The van der Waals surface area contributed by atoms with Crippen LogP contribution in [0.5, 0.6) is 0 Å². The maximum atomic E-state index is 8.43. The Labute approximate surface area is 80.5 Å². The Morgan fingerprint density at radius 3 is 1.85 bits per heavy atom. The smallest absolute Gasteiger partial charge is 0.0745 e. The summed E-state index contributed by atoms with van der Waals surface area (Å²) in [4.78, 5) is 0. The van der Waals surface area contributed by atoms with Crippen molar-refractivity contribution in [3.8, 4) is 0 Å². The third kappa shape index (κ3) is 18.7. The lowest BCUT2D eigenvalue weighted by molar-refractivity contribution is 0.0765. The lowest BCUT2D eigenvalue weighted by Crippen LogP contribution is -2.07. The summed E-state index contributed by atoms with van der Waals surface area (Å²) in [5.74, 6) is 0. The van der Waals surface area contributed by atoms with Crippen molar-refractivity contribution in [1.29, 1.82) is 0 Å². The van der Waals surface area contributed by atoms with Crippen LogP contribution in [0, 0.1) is 0 Å². The summed E-state index contributed by atoms with van der Waals surface area (Å²) in [6, 6.07) is 0. The van der Waals surface area contributed by atoms with Gasteiger partial charge < -0.3 is 19.7 Å². The Kier molecular flexibility index (Phi) is 14.0. The number of hydrogen-bond donors (Lipinski definition) is 2. The number of methoxy groups -OCH3 is 2. The Hall–Kier alpha value is -0.160. The number of aliphatic hydroxyl groups excluding tert-OH is 2. The fourth-order valence-electron chi connectivity index (χ4n) is 0.541. The Balaban J connectivity index is 0. The molecule has 0 aliphatic rings. The lowest BCUT2D eigenvalue weighted by atomic mass is 10.3. The van der Waals surface area contributed by atoms with E-state index in [4.69, 9.17) is 14.9 Å². The largest absolute Gasteiger partial charge is 0.396 e. The van der Waals surface area contributed by atoms with Crippen molar-refractivity contribution in [3.63, 3.8) is 0 Å². The minimum absolute atomic E-state index is 0.199. The van der Waals surface area contributed by atoms with Crippen LogP contribution in [0.3, 0.4) is 0 Å². The molecule has 0 aromatic carbocycles. The summed E-state index contributed by atoms with van der Waals surface area (Å²) in [5, 5.41) is 16.7. The molecule has 0 fully saturated rings. The number of rotatable bonds is 5. The zero-order valence-electron chi connectivity index (χ0n) is 8.99. The molecule has 0 bridgehead atoms. The van der Waals surface area contributed by atoms with Gasteiger partial charge in [0.25, 0.3) is 0 Å². The van der Waals surface area contributed by atoms with E-state index in [1.54, 1.807) is 21.1 Å². The van der Waals surface area contributed by atoms with Crippen molar-refractivity contribution < 1.29 is 19.7 Å². The van der Waals surface area contributed by atoms with E-state index in [9.17, 15) is 0 Å². The van der Waals surface area contributed by atoms with Crippen LogP contribution in [-0.2, 0) is 9.47 Å². The third-order valence-electron chi connectivity index (χ3n) is 1.35. The van der Waals surface area contributed by atoms with E-state index < -0.39 is 0 Å². The summed E-state index contributed by atoms with van der Waals surface area (Å²) in [6.45, 7) is 4.26. The van der Waals surface area contributed by atoms with E-state index in [0.717, 1.165) is 6.42 Å². The van der Waals surface area contributed by atoms with Gasteiger partial charge in [-0.2, -0.15) is 0 Å². The first kappa shape index (κ1) is 15.3. The maximum Gasteiger partial charge on any atom is 0.0745 e. The van der Waals surface area contributed by atoms with E-state index in [1.807, 2.05) is 6.92 Å². The van der Waals surface area contributed by atoms with Gasteiger partial charge in [-0.3, -0.25) is 0 Å². The predicted molar refractivity (Wildman–Crippen MR) is 51.7 cm³/mol. The molecule has 0 aromatic heterocycles. The molecule has 0 rings (SSSR count). The number of hydrogen-bond acceptors (Lipinski definition) is 4. The van der Waals surface area contributed by atoms with Crippen molar-refractivity contribution in [2.24, 2.45) is 0 Å². The molecular weight excluding hydrogens is 172 g/mol. The van der Waals surface area contributed by atoms with Crippen LogP contribution in [0.2, 0.25) is 0 Å². The summed E-state index contributed by atoms with van der Waals surface area (Å²) < 4.78 is 9.38. The van der Waals surface area contributed by atoms with Crippen LogP contribution in [-0.4, -0.2) is 49.9 Å². The quantitative estimate of drug-likeness (QED) is 0.666. The maximum absolute atomic E-state index is 8.43. The van der Waals surface area contributed by atoms with Gasteiger partial charge in [0.2, 0.25) is 0 Å². The van der Waals surface area contributed by atoms with Crippen molar-refractivity contribution in [2.45, 2.75) is 32.5 Å². The molecule has 0 aromatic rings. The Bertz CT molecular complexity index is 85.7. The summed E-state index contributed by atoms with van der Waals surface area (Å²) >= 11 is 0. The number of aliphatic hydroxyl groups is 2. The summed E-state index contributed by atoms with van der Waals surface area (Å²) in [6.07, 6.45) is 0.608. The lowest BCUT2D eigenvalue weighted by Gasteiger charge is -2.04. The molecule has 0 saturated heterocycles. The topological polar surface area (TPSA) is 58.9 Å². The van der Waals surface area contributed by atoms with E-state index in [2.05, 4.69) is 4.74 Å². The van der Waals surface area contributed by atoms with Crippen molar-refractivity contribution in [3.05, 3.63) is 0 Å². The molecule has 0 spiro atoms. The monoisotopic (exact) mass is 194 g/mol. The molecule has 13 heavy (non-hydrogen) atoms. The minimum Gasteiger partial charge on any atom is -0.396 e. The van der Waals surface area contributed by atoms with Crippen molar-refractivity contribution in [1.82, 2.24) is 0 Å². The molecule has 0 aliphatic carbocycles. The van der Waals surface area contributed by atoms with Gasteiger partial charge in [-0.1, -0.05) is 0 Å². The molecule has 4 nitrogen and oxygen atoms in total. The highest BCUT2D eigenvalue weighted by Gasteiger charge is 1.93. The average molecular weight is 194 g/mol. The molecule has 0 heterocycles. The molecule has 2 N–H and O–H groups in total. The van der Waals surface area contributed by atoms with Gasteiger partial charge in [-0.25, -0.2) is 0 Å². The first-order valence-electron chi connectivity index (χ1n) is 4.39. The van der Waals surface area contributed by atoms with Gasteiger partial charge in [-0.15, -0.1) is 0 Å². The summed E-state index contributed by atoms with van der Waals surface area (Å²) in [5.41, 5.74) is 0. The van der Waals surface area contributed by atoms with Gasteiger partial charge in [0.05, 0.1) is 18.8 Å². The molecule has 0 radical (unpaired) electrons. The molecule has 0 saturated carbocycles. The third-order valence-corrected chi connectivity index (χ3v) is 1.35. The Morgan fingerprint density at radius 1 is 1.23 bits per heavy atom. The van der Waals surface area contributed by atoms with Gasteiger partial charge in [-0.05, 0) is 20.3 Å². The normalized spacial score (nSPS) is 14.3. The first-order chi connectivity index (χ1) is 6.08. The van der Waals surface area contributed by atoms with Crippen LogP contribution >= 0.6 is 0 Å². The van der Waals surface area contributed by atoms with Gasteiger partial charge in [0.15, 0.2) is 0 Å². The molecule has 4 heteroatoms. The van der Waals surface area contributed by atoms with Crippen LogP contribution in [0.25, 0.3) is 0 Å². The second-order valence-electron chi connectivity index (χ2n) is 2.86. The SMILES string of the molecule is COC(C)CCO.COCC(C)O. The van der Waals surface area contributed by atoms with E-state index in [1.165, 1.54) is 0 Å². The molecule has 0 aliphatic heterocycles. The highest BCUT2D eigenvalue weighted by molar-refractivity contribution is 4.44. The minimum atomic E-state index is -0.324. The molecule has 82 valence electrons. The van der Waals surface area contributed by atoms with Crippen LogP contribution in [0.1, 0.15) is 20.3 Å². The van der Waals surface area contributed by atoms with E-state index in [-0.39, 0.29) is 18.8 Å². The van der Waals surface area contributed by atoms with Crippen molar-refractivity contribution in [2.75, 3.05) is 27.4 Å². The second kappa shape index (κ2) is 11.8. The average Bonchev–Trinajstić information content (AvgIpc) is 2.05. The Morgan fingerprint density at radius 2 is 1.77 bits per heavy atom. The molecular formula is C9H22O4. The number of ether oxygens (including phenoxy) is 2. The standard InChI is InChI=1S/C5H12O2.C4H10O2/c1-5(7-2)3-4-6;1-4(5)3-6-2/h5-6H,3-4H2,1-2H3;4-5H,3H2,1-2H3. The van der Waals surface area contributed by atoms with Gasteiger partial charge >= 0.3 is 0 Å². The summed E-state index contributed by atoms with van der Waals surface area (Å²) in [7, 11) is 3.20. The van der Waals surface area contributed by atoms with E-state index in [0.29, 0.717) is 6.61 Å². The fourth-order valence-corrected chi connectivity index (χ4v) is 0.541. The molecule has 2 atom stereocenters. The zero-order chi connectivity index (χ0) is 10.7. The van der Waals surface area contributed by atoms with Gasteiger partial charge in [0, 0.05) is 20.8 Å². The molecule has 0 amide bonds. The van der Waals surface area contributed by atoms with Gasteiger partial charge in [0.1, 0.15) is 0 Å². The van der Waals surface area contributed by atoms with E-state index >= 15 is 0 Å².